The van der Waals surface area contributed by atoms with Crippen molar-refractivity contribution >= 4 is 5.96 Å². The number of rotatable bonds is 4. The summed E-state index contributed by atoms with van der Waals surface area (Å²) in [5.41, 5.74) is 7.89. The van der Waals surface area contributed by atoms with Crippen LogP contribution in [-0.4, -0.2) is 40.3 Å². The van der Waals surface area contributed by atoms with Crippen molar-refractivity contribution in [1.82, 2.24) is 14.7 Å². The van der Waals surface area contributed by atoms with E-state index in [4.69, 9.17) is 5.73 Å². The van der Waals surface area contributed by atoms with Gasteiger partial charge in [0.15, 0.2) is 5.96 Å². The number of guanidine groups is 1. The van der Waals surface area contributed by atoms with Crippen LogP contribution in [0.2, 0.25) is 0 Å². The zero-order chi connectivity index (χ0) is 16.9. The monoisotopic (exact) mass is 329 g/mol. The summed E-state index contributed by atoms with van der Waals surface area (Å²) in [6.45, 7) is 4.87. The van der Waals surface area contributed by atoms with Gasteiger partial charge in [-0.1, -0.05) is 6.92 Å². The van der Waals surface area contributed by atoms with E-state index in [9.17, 15) is 4.39 Å². The standard InChI is InChI=1S/C18H24FN5/c1-14-3-2-11-23(13-14)18(20)21-10-8-16-9-12-24(22-16)17-6-4-15(19)5-7-17/h4-7,9,12,14H,2-3,8,10-11,13H2,1H3,(H2,20,21). The van der Waals surface area contributed by atoms with Crippen LogP contribution in [0.4, 0.5) is 4.39 Å². The highest BCUT2D eigenvalue weighted by molar-refractivity contribution is 5.78. The molecule has 1 aliphatic rings. The SMILES string of the molecule is CC1CCCN(C(N)=NCCc2ccn(-c3ccc(F)cc3)n2)C1. The molecule has 0 radical (unpaired) electrons. The van der Waals surface area contributed by atoms with E-state index < -0.39 is 0 Å². The lowest BCUT2D eigenvalue weighted by molar-refractivity contribution is 0.270. The molecule has 1 aromatic carbocycles. The Balaban J connectivity index is 1.55. The molecule has 0 bridgehead atoms. The fourth-order valence-electron chi connectivity index (χ4n) is 3.02. The zero-order valence-corrected chi connectivity index (χ0v) is 14.0. The predicted octanol–water partition coefficient (Wildman–Crippen LogP) is 2.60. The number of aliphatic imine (C=N–C) groups is 1. The van der Waals surface area contributed by atoms with E-state index in [0.29, 0.717) is 18.4 Å². The Bertz CT molecular complexity index is 692. The van der Waals surface area contributed by atoms with Crippen molar-refractivity contribution in [3.05, 3.63) is 48.0 Å². The third-order valence-electron chi connectivity index (χ3n) is 4.36. The molecule has 1 unspecified atom stereocenters. The third kappa shape index (κ3) is 4.13. The Hall–Kier alpha value is -2.37. The number of hydrogen-bond donors (Lipinski definition) is 1. The number of nitrogens with two attached hydrogens (primary N) is 1. The van der Waals surface area contributed by atoms with E-state index in [1.807, 2.05) is 12.3 Å². The van der Waals surface area contributed by atoms with E-state index in [0.717, 1.165) is 30.9 Å². The number of benzene rings is 1. The molecule has 6 heteroatoms. The van der Waals surface area contributed by atoms with Gasteiger partial charge in [-0.25, -0.2) is 9.07 Å². The van der Waals surface area contributed by atoms with Crippen molar-refractivity contribution in [2.75, 3.05) is 19.6 Å². The van der Waals surface area contributed by atoms with E-state index in [1.54, 1.807) is 16.8 Å². The average Bonchev–Trinajstić information content (AvgIpc) is 3.04. The minimum absolute atomic E-state index is 0.247. The van der Waals surface area contributed by atoms with Gasteiger partial charge in [0.2, 0.25) is 0 Å². The Morgan fingerprint density at radius 3 is 2.88 bits per heavy atom. The van der Waals surface area contributed by atoms with Gasteiger partial charge in [0.05, 0.1) is 11.4 Å². The Morgan fingerprint density at radius 2 is 2.12 bits per heavy atom. The first-order valence-corrected chi connectivity index (χ1v) is 8.47. The molecule has 0 amide bonds. The second-order valence-electron chi connectivity index (χ2n) is 6.41. The van der Waals surface area contributed by atoms with Gasteiger partial charge in [0, 0.05) is 32.3 Å². The van der Waals surface area contributed by atoms with Crippen LogP contribution in [0.15, 0.2) is 41.5 Å². The number of aromatic nitrogens is 2. The first-order valence-electron chi connectivity index (χ1n) is 8.47. The smallest absolute Gasteiger partial charge is 0.191 e. The molecule has 128 valence electrons. The van der Waals surface area contributed by atoms with Crippen LogP contribution in [0, 0.1) is 11.7 Å². The molecule has 0 spiro atoms. The van der Waals surface area contributed by atoms with Crippen molar-refractivity contribution in [3.8, 4) is 5.69 Å². The van der Waals surface area contributed by atoms with Gasteiger partial charge < -0.3 is 10.6 Å². The second kappa shape index (κ2) is 7.47. The topological polar surface area (TPSA) is 59.4 Å². The lowest BCUT2D eigenvalue weighted by Gasteiger charge is -2.31. The zero-order valence-electron chi connectivity index (χ0n) is 14.0. The average molecular weight is 329 g/mol. The Morgan fingerprint density at radius 1 is 1.33 bits per heavy atom. The van der Waals surface area contributed by atoms with Gasteiger partial charge >= 0.3 is 0 Å². The maximum absolute atomic E-state index is 13.0. The van der Waals surface area contributed by atoms with E-state index in [1.165, 1.54) is 25.0 Å². The predicted molar refractivity (Wildman–Crippen MR) is 93.7 cm³/mol. The molecule has 2 N–H and O–H groups in total. The molecular weight excluding hydrogens is 305 g/mol. The van der Waals surface area contributed by atoms with Gasteiger partial charge in [-0.2, -0.15) is 5.10 Å². The van der Waals surface area contributed by atoms with Crippen LogP contribution in [0.3, 0.4) is 0 Å². The highest BCUT2D eigenvalue weighted by atomic mass is 19.1. The molecule has 3 rings (SSSR count). The number of halogens is 1. The quantitative estimate of drug-likeness (QED) is 0.693. The summed E-state index contributed by atoms with van der Waals surface area (Å²) in [5.74, 6) is 1.07. The third-order valence-corrected chi connectivity index (χ3v) is 4.36. The van der Waals surface area contributed by atoms with Crippen LogP contribution in [0.1, 0.15) is 25.5 Å². The summed E-state index contributed by atoms with van der Waals surface area (Å²) in [6.07, 6.45) is 5.06. The van der Waals surface area contributed by atoms with Crippen LogP contribution < -0.4 is 5.73 Å². The summed E-state index contributed by atoms with van der Waals surface area (Å²) in [6, 6.07) is 8.24. The maximum atomic E-state index is 13.0. The van der Waals surface area contributed by atoms with Gasteiger partial charge in [0.25, 0.3) is 0 Å². The molecular formula is C18H24FN5. The summed E-state index contributed by atoms with van der Waals surface area (Å²) >= 11 is 0. The van der Waals surface area contributed by atoms with E-state index in [-0.39, 0.29) is 5.82 Å². The van der Waals surface area contributed by atoms with E-state index in [2.05, 4.69) is 21.9 Å². The molecule has 2 aromatic rings. The molecule has 1 saturated heterocycles. The summed E-state index contributed by atoms with van der Waals surface area (Å²) in [4.78, 5) is 6.66. The van der Waals surface area contributed by atoms with Gasteiger partial charge in [-0.05, 0) is 49.1 Å². The Labute approximate surface area is 142 Å². The van der Waals surface area contributed by atoms with Crippen LogP contribution in [-0.2, 0) is 6.42 Å². The normalized spacial score (nSPS) is 18.8. The lowest BCUT2D eigenvalue weighted by Crippen LogP contribution is -2.43. The van der Waals surface area contributed by atoms with Crippen molar-refractivity contribution < 1.29 is 4.39 Å². The number of likely N-dealkylation sites (tertiary alicyclic amines) is 1. The minimum atomic E-state index is -0.247. The molecule has 2 heterocycles. The largest absolute Gasteiger partial charge is 0.370 e. The van der Waals surface area contributed by atoms with Crippen molar-refractivity contribution in [2.45, 2.75) is 26.2 Å². The van der Waals surface area contributed by atoms with Crippen molar-refractivity contribution in [3.63, 3.8) is 0 Å². The maximum Gasteiger partial charge on any atom is 0.191 e. The van der Waals surface area contributed by atoms with Crippen LogP contribution in [0.5, 0.6) is 0 Å². The number of piperidine rings is 1. The highest BCUT2D eigenvalue weighted by Crippen LogP contribution is 2.15. The molecule has 1 atom stereocenters. The first-order chi connectivity index (χ1) is 11.6. The highest BCUT2D eigenvalue weighted by Gasteiger charge is 2.17. The van der Waals surface area contributed by atoms with Gasteiger partial charge in [-0.3, -0.25) is 4.99 Å². The number of hydrogen-bond acceptors (Lipinski definition) is 2. The van der Waals surface area contributed by atoms with Crippen LogP contribution in [0.25, 0.3) is 5.69 Å². The molecule has 1 aliphatic heterocycles. The first kappa shape index (κ1) is 16.5. The summed E-state index contributed by atoms with van der Waals surface area (Å²) < 4.78 is 14.7. The van der Waals surface area contributed by atoms with Gasteiger partial charge in [-0.15, -0.1) is 0 Å². The lowest BCUT2D eigenvalue weighted by atomic mass is 10.0. The molecule has 5 nitrogen and oxygen atoms in total. The summed E-state index contributed by atoms with van der Waals surface area (Å²) in [5, 5.41) is 4.50. The minimum Gasteiger partial charge on any atom is -0.370 e. The molecule has 1 aromatic heterocycles. The molecule has 24 heavy (non-hydrogen) atoms. The van der Waals surface area contributed by atoms with Gasteiger partial charge in [0.1, 0.15) is 5.82 Å². The Kier molecular flexibility index (Phi) is 5.13. The van der Waals surface area contributed by atoms with E-state index >= 15 is 0 Å². The number of nitrogens with zero attached hydrogens (tertiary/aromatic N) is 4. The molecule has 1 fully saturated rings. The molecule has 0 aliphatic carbocycles. The molecule has 0 saturated carbocycles. The fraction of sp³-hybridized carbons (Fsp3) is 0.444. The fourth-order valence-corrected chi connectivity index (χ4v) is 3.02. The summed E-state index contributed by atoms with van der Waals surface area (Å²) in [7, 11) is 0. The van der Waals surface area contributed by atoms with Crippen molar-refractivity contribution in [1.29, 1.82) is 0 Å². The second-order valence-corrected chi connectivity index (χ2v) is 6.41. The van der Waals surface area contributed by atoms with Crippen molar-refractivity contribution in [2.24, 2.45) is 16.6 Å². The van der Waals surface area contributed by atoms with Crippen LogP contribution >= 0.6 is 0 Å².